The van der Waals surface area contributed by atoms with Crippen LogP contribution in [0.15, 0.2) is 41.7 Å². The van der Waals surface area contributed by atoms with E-state index in [2.05, 4.69) is 20.8 Å². The molecule has 6 heteroatoms. The third kappa shape index (κ3) is 4.60. The molecule has 0 saturated carbocycles. The summed E-state index contributed by atoms with van der Waals surface area (Å²) in [6.07, 6.45) is 2.51. The van der Waals surface area contributed by atoms with Crippen LogP contribution in [-0.4, -0.2) is 44.3 Å². The minimum absolute atomic E-state index is 0.0111. The van der Waals surface area contributed by atoms with Crippen LogP contribution in [0, 0.1) is 12.3 Å². The van der Waals surface area contributed by atoms with Crippen LogP contribution in [0.1, 0.15) is 45.2 Å². The summed E-state index contributed by atoms with van der Waals surface area (Å²) in [6, 6.07) is 7.28. The number of benzene rings is 2. The predicted molar refractivity (Wildman–Crippen MR) is 135 cm³/mol. The molecule has 2 aromatic carbocycles. The molecular formula is C28H36O6. The van der Waals surface area contributed by atoms with Crippen LogP contribution in [0.2, 0.25) is 0 Å². The van der Waals surface area contributed by atoms with Crippen molar-refractivity contribution in [2.24, 2.45) is 5.41 Å². The Morgan fingerprint density at radius 1 is 0.794 bits per heavy atom. The van der Waals surface area contributed by atoms with E-state index in [4.69, 9.17) is 18.9 Å². The van der Waals surface area contributed by atoms with Crippen LogP contribution in [-0.2, 0) is 4.74 Å². The number of rotatable bonds is 6. The van der Waals surface area contributed by atoms with E-state index in [-0.39, 0.29) is 16.9 Å². The fraction of sp³-hybridized carbons (Fsp3) is 0.429. The molecule has 0 spiro atoms. The number of allylic oxidation sites excluding steroid dienone is 1. The average molecular weight is 469 g/mol. The number of aryl methyl sites for hydroxylation is 1. The first-order valence-electron chi connectivity index (χ1n) is 11.2. The van der Waals surface area contributed by atoms with Gasteiger partial charge >= 0.3 is 0 Å². The molecule has 6 nitrogen and oxygen atoms in total. The highest BCUT2D eigenvalue weighted by atomic mass is 16.5. The first-order chi connectivity index (χ1) is 15.9. The second-order valence-electron chi connectivity index (χ2n) is 9.94. The molecule has 3 rings (SSSR count). The quantitative estimate of drug-likeness (QED) is 0.508. The van der Waals surface area contributed by atoms with Gasteiger partial charge in [-0.15, -0.1) is 0 Å². The summed E-state index contributed by atoms with van der Waals surface area (Å²) in [5, 5.41) is 22.4. The SMILES string of the molecule is COc1cc(OC)c(-c2cc(C)cc(OC)c2O)cc1C1=CC(C)(OC)CC(C(C)(C)C)=C1O. The van der Waals surface area contributed by atoms with Crippen molar-refractivity contribution in [3.63, 3.8) is 0 Å². The Labute approximate surface area is 202 Å². The number of hydrogen-bond donors (Lipinski definition) is 2. The minimum atomic E-state index is -0.607. The van der Waals surface area contributed by atoms with Crippen LogP contribution in [0.4, 0.5) is 0 Å². The Bertz CT molecular complexity index is 1150. The van der Waals surface area contributed by atoms with E-state index < -0.39 is 5.60 Å². The number of hydrogen-bond acceptors (Lipinski definition) is 6. The topological polar surface area (TPSA) is 77.4 Å². The van der Waals surface area contributed by atoms with Gasteiger partial charge in [-0.05, 0) is 54.7 Å². The molecule has 0 radical (unpaired) electrons. The van der Waals surface area contributed by atoms with Crippen molar-refractivity contribution in [2.75, 3.05) is 28.4 Å². The highest BCUT2D eigenvalue weighted by Gasteiger charge is 2.37. The highest BCUT2D eigenvalue weighted by molar-refractivity contribution is 5.89. The van der Waals surface area contributed by atoms with Gasteiger partial charge in [0.25, 0.3) is 0 Å². The van der Waals surface area contributed by atoms with E-state index in [0.29, 0.717) is 45.9 Å². The number of methoxy groups -OCH3 is 4. The molecule has 0 aliphatic heterocycles. The second-order valence-corrected chi connectivity index (χ2v) is 9.94. The maximum atomic E-state index is 11.4. The molecule has 0 fully saturated rings. The van der Waals surface area contributed by atoms with Gasteiger partial charge in [0.15, 0.2) is 11.5 Å². The van der Waals surface area contributed by atoms with Crippen LogP contribution in [0.5, 0.6) is 23.0 Å². The molecule has 1 atom stereocenters. The Morgan fingerprint density at radius 2 is 1.38 bits per heavy atom. The van der Waals surface area contributed by atoms with Gasteiger partial charge in [0.1, 0.15) is 17.3 Å². The van der Waals surface area contributed by atoms with Gasteiger partial charge in [-0.2, -0.15) is 0 Å². The Hall–Kier alpha value is -3.12. The van der Waals surface area contributed by atoms with E-state index in [1.165, 1.54) is 7.11 Å². The molecule has 2 aromatic rings. The van der Waals surface area contributed by atoms with Crippen molar-refractivity contribution in [1.82, 2.24) is 0 Å². The van der Waals surface area contributed by atoms with Crippen molar-refractivity contribution in [3.8, 4) is 34.1 Å². The first-order valence-corrected chi connectivity index (χ1v) is 11.2. The fourth-order valence-corrected chi connectivity index (χ4v) is 4.41. The van der Waals surface area contributed by atoms with Gasteiger partial charge < -0.3 is 29.2 Å². The van der Waals surface area contributed by atoms with Crippen molar-refractivity contribution in [1.29, 1.82) is 0 Å². The van der Waals surface area contributed by atoms with Gasteiger partial charge in [0.05, 0.1) is 26.9 Å². The molecule has 1 aliphatic carbocycles. The van der Waals surface area contributed by atoms with Crippen molar-refractivity contribution in [2.45, 2.75) is 46.6 Å². The summed E-state index contributed by atoms with van der Waals surface area (Å²) in [5.41, 5.74) is 3.43. The molecule has 184 valence electrons. The standard InChI is InChI=1S/C28H36O6/c1-16-10-19(26(30)24(11-16)33-8)17-12-18(23(32-7)13-22(17)31-6)20-14-28(5,34-9)15-21(25(20)29)27(2,3)4/h10-14,29-30H,15H2,1-9H3. The zero-order valence-corrected chi connectivity index (χ0v) is 21.6. The maximum Gasteiger partial charge on any atom is 0.165 e. The monoisotopic (exact) mass is 468 g/mol. The Morgan fingerprint density at radius 3 is 1.91 bits per heavy atom. The summed E-state index contributed by atoms with van der Waals surface area (Å²) < 4.78 is 22.6. The number of ether oxygens (including phenoxy) is 4. The molecule has 0 bridgehead atoms. The zero-order valence-electron chi connectivity index (χ0n) is 21.6. The van der Waals surface area contributed by atoms with Crippen molar-refractivity contribution >= 4 is 5.57 Å². The van der Waals surface area contributed by atoms with Gasteiger partial charge in [0, 0.05) is 41.9 Å². The van der Waals surface area contributed by atoms with Crippen molar-refractivity contribution in [3.05, 3.63) is 52.8 Å². The summed E-state index contributed by atoms with van der Waals surface area (Å²) in [4.78, 5) is 0. The van der Waals surface area contributed by atoms with Crippen LogP contribution < -0.4 is 14.2 Å². The number of aliphatic hydroxyl groups is 1. The highest BCUT2D eigenvalue weighted by Crippen LogP contribution is 2.49. The fourth-order valence-electron chi connectivity index (χ4n) is 4.41. The molecule has 2 N–H and O–H groups in total. The molecule has 0 heterocycles. The van der Waals surface area contributed by atoms with Gasteiger partial charge in [-0.1, -0.05) is 20.8 Å². The molecule has 0 amide bonds. The Kier molecular flexibility index (Phi) is 6.94. The molecule has 0 saturated heterocycles. The van der Waals surface area contributed by atoms with Gasteiger partial charge in [0.2, 0.25) is 0 Å². The molecule has 34 heavy (non-hydrogen) atoms. The minimum Gasteiger partial charge on any atom is -0.507 e. The van der Waals surface area contributed by atoms with E-state index in [1.807, 2.05) is 32.1 Å². The third-order valence-electron chi connectivity index (χ3n) is 6.43. The lowest BCUT2D eigenvalue weighted by atomic mass is 9.73. The summed E-state index contributed by atoms with van der Waals surface area (Å²) in [7, 11) is 6.34. The summed E-state index contributed by atoms with van der Waals surface area (Å²) in [6.45, 7) is 10.2. The molecule has 1 aliphatic rings. The summed E-state index contributed by atoms with van der Waals surface area (Å²) >= 11 is 0. The van der Waals surface area contributed by atoms with Gasteiger partial charge in [-0.3, -0.25) is 0 Å². The van der Waals surface area contributed by atoms with E-state index in [1.54, 1.807) is 33.5 Å². The lowest BCUT2D eigenvalue weighted by Crippen LogP contribution is -2.32. The number of aromatic hydroxyl groups is 1. The van der Waals surface area contributed by atoms with Crippen molar-refractivity contribution < 1.29 is 29.2 Å². The van der Waals surface area contributed by atoms with Crippen LogP contribution >= 0.6 is 0 Å². The second kappa shape index (κ2) is 9.26. The smallest absolute Gasteiger partial charge is 0.165 e. The predicted octanol–water partition coefficient (Wildman–Crippen LogP) is 6.44. The molecule has 0 aromatic heterocycles. The molecular weight excluding hydrogens is 432 g/mol. The van der Waals surface area contributed by atoms with Gasteiger partial charge in [-0.25, -0.2) is 0 Å². The maximum absolute atomic E-state index is 11.4. The van der Waals surface area contributed by atoms with Crippen LogP contribution in [0.3, 0.4) is 0 Å². The third-order valence-corrected chi connectivity index (χ3v) is 6.43. The van der Waals surface area contributed by atoms with Crippen LogP contribution in [0.25, 0.3) is 16.7 Å². The first kappa shape index (κ1) is 25.5. The summed E-state index contributed by atoms with van der Waals surface area (Å²) in [5.74, 6) is 1.65. The van der Waals surface area contributed by atoms with E-state index in [9.17, 15) is 10.2 Å². The lowest BCUT2D eigenvalue weighted by Gasteiger charge is -2.37. The largest absolute Gasteiger partial charge is 0.507 e. The Balaban J connectivity index is 2.38. The zero-order chi connectivity index (χ0) is 25.4. The lowest BCUT2D eigenvalue weighted by molar-refractivity contribution is 0.0428. The normalized spacial score (nSPS) is 18.6. The number of phenols is 1. The van der Waals surface area contributed by atoms with E-state index >= 15 is 0 Å². The molecule has 1 unspecified atom stereocenters. The number of phenolic OH excluding ortho intramolecular Hbond substituents is 1. The average Bonchev–Trinajstić information content (AvgIpc) is 2.80. The van der Waals surface area contributed by atoms with E-state index in [0.717, 1.165) is 11.1 Å². The number of aliphatic hydroxyl groups excluding tert-OH is 1.